The van der Waals surface area contributed by atoms with Crippen molar-refractivity contribution < 1.29 is 19.4 Å². The number of benzene rings is 1. The number of hydrogen-bond donors (Lipinski definition) is 1. The zero-order valence-corrected chi connectivity index (χ0v) is 19.7. The number of methoxy groups -OCH3 is 1. The van der Waals surface area contributed by atoms with E-state index >= 15 is 0 Å². The highest BCUT2D eigenvalue weighted by Gasteiger charge is 2.44. The molecular formula is C23H20BrN3O6. The van der Waals surface area contributed by atoms with E-state index in [2.05, 4.69) is 15.9 Å². The number of halogens is 1. The molecule has 10 heteroatoms. The van der Waals surface area contributed by atoms with Gasteiger partial charge in [-0.15, -0.1) is 0 Å². The van der Waals surface area contributed by atoms with Crippen LogP contribution in [0.3, 0.4) is 0 Å². The molecule has 5 rings (SSSR count). The Morgan fingerprint density at radius 1 is 1.15 bits per heavy atom. The molecule has 1 aromatic heterocycles. The lowest BCUT2D eigenvalue weighted by Gasteiger charge is -2.39. The van der Waals surface area contributed by atoms with Crippen LogP contribution in [0, 0.1) is 0 Å². The first kappa shape index (κ1) is 21.4. The standard InChI is InChI=1S/C23H20BrN3O6/c1-10-6-16(28)19-13(20(10)29)9-15-12(4-5-26-22(31)25(2)23(32)27(15)26)18(19)11-7-14(24)21(30)17(8-11)33-3/h4,6-8,15,18,30H,5,9H2,1-3H3/t15-,18+/m1/s1. The number of allylic oxidation sites excluding steroid dienone is 6. The number of hydrogen-bond acceptors (Lipinski definition) is 6. The largest absolute Gasteiger partial charge is 0.503 e. The number of fused-ring (bicyclic) bond motifs is 3. The molecule has 2 aliphatic carbocycles. The highest BCUT2D eigenvalue weighted by atomic mass is 79.9. The molecule has 0 amide bonds. The number of aromatic hydroxyl groups is 1. The van der Waals surface area contributed by atoms with E-state index in [4.69, 9.17) is 4.74 Å². The molecular weight excluding hydrogens is 494 g/mol. The molecule has 3 aliphatic rings. The van der Waals surface area contributed by atoms with Crippen molar-refractivity contribution in [3.8, 4) is 11.5 Å². The maximum Gasteiger partial charge on any atom is 0.347 e. The molecule has 33 heavy (non-hydrogen) atoms. The predicted molar refractivity (Wildman–Crippen MR) is 122 cm³/mol. The average molecular weight is 514 g/mol. The number of ether oxygens (including phenoxy) is 1. The smallest absolute Gasteiger partial charge is 0.347 e. The molecule has 0 unspecified atom stereocenters. The number of carbonyl (C=O) groups excluding carboxylic acids is 2. The second kappa shape index (κ2) is 7.31. The first-order chi connectivity index (χ1) is 15.6. The zero-order valence-electron chi connectivity index (χ0n) is 18.1. The van der Waals surface area contributed by atoms with Crippen LogP contribution in [0.5, 0.6) is 11.5 Å². The van der Waals surface area contributed by atoms with Crippen molar-refractivity contribution in [1.82, 2.24) is 13.9 Å². The van der Waals surface area contributed by atoms with Crippen LogP contribution in [0.25, 0.3) is 0 Å². The minimum Gasteiger partial charge on any atom is -0.503 e. The second-order valence-electron chi connectivity index (χ2n) is 8.37. The lowest BCUT2D eigenvalue weighted by Crippen LogP contribution is -2.40. The van der Waals surface area contributed by atoms with Crippen molar-refractivity contribution in [2.75, 3.05) is 7.11 Å². The molecule has 2 atom stereocenters. The van der Waals surface area contributed by atoms with Gasteiger partial charge in [0.1, 0.15) is 0 Å². The Kier molecular flexibility index (Phi) is 4.75. The number of aromatic nitrogens is 3. The first-order valence-electron chi connectivity index (χ1n) is 10.3. The summed E-state index contributed by atoms with van der Waals surface area (Å²) in [4.78, 5) is 51.8. The van der Waals surface area contributed by atoms with E-state index in [0.717, 1.165) is 10.1 Å². The molecule has 2 aromatic rings. The van der Waals surface area contributed by atoms with Crippen molar-refractivity contribution in [1.29, 1.82) is 0 Å². The van der Waals surface area contributed by atoms with E-state index in [0.29, 0.717) is 26.8 Å². The third kappa shape index (κ3) is 2.90. The molecule has 1 aliphatic heterocycles. The normalized spacial score (nSPS) is 21.8. The summed E-state index contributed by atoms with van der Waals surface area (Å²) in [5.41, 5.74) is 1.47. The molecule has 1 N–H and O–H groups in total. The summed E-state index contributed by atoms with van der Waals surface area (Å²) in [6, 6.07) is 2.69. The molecule has 0 saturated heterocycles. The Bertz CT molecular complexity index is 1480. The third-order valence-electron chi connectivity index (χ3n) is 6.62. The molecule has 0 spiro atoms. The van der Waals surface area contributed by atoms with Gasteiger partial charge in [0.05, 0.1) is 24.2 Å². The average Bonchev–Trinajstić information content (AvgIpc) is 3.02. The van der Waals surface area contributed by atoms with E-state index in [9.17, 15) is 24.3 Å². The fraction of sp³-hybridized carbons (Fsp3) is 0.304. The lowest BCUT2D eigenvalue weighted by atomic mass is 9.68. The number of ketones is 2. The van der Waals surface area contributed by atoms with Crippen molar-refractivity contribution in [2.45, 2.75) is 31.8 Å². The molecule has 9 nitrogen and oxygen atoms in total. The van der Waals surface area contributed by atoms with Crippen LogP contribution < -0.4 is 16.1 Å². The summed E-state index contributed by atoms with van der Waals surface area (Å²) < 4.78 is 9.44. The molecule has 0 bridgehead atoms. The van der Waals surface area contributed by atoms with E-state index in [-0.39, 0.29) is 36.0 Å². The fourth-order valence-electron chi connectivity index (χ4n) is 5.06. The summed E-state index contributed by atoms with van der Waals surface area (Å²) in [5, 5.41) is 10.3. The van der Waals surface area contributed by atoms with Crippen molar-refractivity contribution in [3.63, 3.8) is 0 Å². The Balaban J connectivity index is 1.81. The minimum absolute atomic E-state index is 0.0876. The quantitative estimate of drug-likeness (QED) is 0.484. The van der Waals surface area contributed by atoms with Gasteiger partial charge >= 0.3 is 11.4 Å². The predicted octanol–water partition coefficient (Wildman–Crippen LogP) is 1.89. The van der Waals surface area contributed by atoms with E-state index in [1.165, 1.54) is 29.6 Å². The fourth-order valence-corrected chi connectivity index (χ4v) is 5.52. The van der Waals surface area contributed by atoms with Crippen LogP contribution in [-0.4, -0.2) is 37.7 Å². The van der Waals surface area contributed by atoms with Gasteiger partial charge in [-0.05, 0) is 52.2 Å². The monoisotopic (exact) mass is 513 g/mol. The van der Waals surface area contributed by atoms with E-state index < -0.39 is 23.3 Å². The number of rotatable bonds is 2. The van der Waals surface area contributed by atoms with Crippen molar-refractivity contribution in [2.24, 2.45) is 7.05 Å². The van der Waals surface area contributed by atoms with Crippen LogP contribution in [0.2, 0.25) is 0 Å². The summed E-state index contributed by atoms with van der Waals surface area (Å²) in [6.07, 6.45) is 3.32. The van der Waals surface area contributed by atoms with Gasteiger partial charge in [0.25, 0.3) is 0 Å². The van der Waals surface area contributed by atoms with E-state index in [1.807, 2.05) is 6.08 Å². The summed E-state index contributed by atoms with van der Waals surface area (Å²) in [7, 11) is 2.83. The molecule has 0 saturated carbocycles. The number of phenolic OH excluding ortho intramolecular Hbond substituents is 1. The summed E-state index contributed by atoms with van der Waals surface area (Å²) in [5.74, 6) is -1.05. The van der Waals surface area contributed by atoms with Crippen LogP contribution in [0.1, 0.15) is 30.9 Å². The van der Waals surface area contributed by atoms with E-state index in [1.54, 1.807) is 19.1 Å². The van der Waals surface area contributed by atoms with Crippen molar-refractivity contribution in [3.05, 3.63) is 77.6 Å². The maximum atomic E-state index is 13.2. The SMILES string of the molecule is COc1cc([C@H]2C3=CCn4c(=O)n(C)c(=O)n4[C@@H]3CC3=C2C(=O)C=C(C)C3=O)cc(Br)c1O. The Morgan fingerprint density at radius 3 is 2.58 bits per heavy atom. The number of nitrogens with zero attached hydrogens (tertiary/aromatic N) is 3. The summed E-state index contributed by atoms with van der Waals surface area (Å²) >= 11 is 3.33. The third-order valence-corrected chi connectivity index (χ3v) is 7.23. The first-order valence-corrected chi connectivity index (χ1v) is 11.1. The Hall–Kier alpha value is -3.40. The topological polar surface area (TPSA) is 113 Å². The van der Waals surface area contributed by atoms with Gasteiger partial charge in [-0.25, -0.2) is 23.5 Å². The van der Waals surface area contributed by atoms with Crippen LogP contribution in [0.15, 0.2) is 60.6 Å². The van der Waals surface area contributed by atoms with Gasteiger partial charge in [-0.1, -0.05) is 6.08 Å². The second-order valence-corrected chi connectivity index (χ2v) is 9.23. The van der Waals surface area contributed by atoms with Crippen LogP contribution in [-0.2, 0) is 23.2 Å². The molecule has 0 radical (unpaired) electrons. The maximum absolute atomic E-state index is 13.2. The van der Waals surface area contributed by atoms with Crippen LogP contribution in [0.4, 0.5) is 0 Å². The van der Waals surface area contributed by atoms with Gasteiger partial charge in [-0.2, -0.15) is 0 Å². The highest BCUT2D eigenvalue weighted by Crippen LogP contribution is 2.51. The molecule has 0 fully saturated rings. The zero-order chi connectivity index (χ0) is 23.8. The molecule has 170 valence electrons. The van der Waals surface area contributed by atoms with Gasteiger partial charge in [0.15, 0.2) is 23.1 Å². The Labute approximate surface area is 196 Å². The van der Waals surface area contributed by atoms with Gasteiger partial charge in [-0.3, -0.25) is 9.59 Å². The van der Waals surface area contributed by atoms with Gasteiger partial charge in [0, 0.05) is 36.1 Å². The number of Topliss-reactive ketones (excluding diaryl/α,β-unsaturated/α-hetero) is 1. The van der Waals surface area contributed by atoms with Crippen molar-refractivity contribution >= 4 is 27.5 Å². The van der Waals surface area contributed by atoms with Gasteiger partial charge in [0.2, 0.25) is 0 Å². The summed E-state index contributed by atoms with van der Waals surface area (Å²) in [6.45, 7) is 1.75. The number of carbonyl (C=O) groups is 2. The lowest BCUT2D eigenvalue weighted by molar-refractivity contribution is -0.116. The highest BCUT2D eigenvalue weighted by molar-refractivity contribution is 9.10. The van der Waals surface area contributed by atoms with Gasteiger partial charge < -0.3 is 9.84 Å². The Morgan fingerprint density at radius 2 is 1.88 bits per heavy atom. The minimum atomic E-state index is -0.652. The molecule has 1 aromatic carbocycles. The molecule has 2 heterocycles. The number of phenols is 1. The van der Waals surface area contributed by atoms with Crippen LogP contribution >= 0.6 is 15.9 Å².